The fourth-order valence-corrected chi connectivity index (χ4v) is 2.15. The predicted octanol–water partition coefficient (Wildman–Crippen LogP) is 1.94. The number of nitrogens with zero attached hydrogens (tertiary/aromatic N) is 1. The molecule has 0 aromatic heterocycles. The summed E-state index contributed by atoms with van der Waals surface area (Å²) in [6.45, 7) is 5.68. The monoisotopic (exact) mass is 278 g/mol. The molecule has 0 aliphatic heterocycles. The van der Waals surface area contributed by atoms with Crippen molar-refractivity contribution in [3.63, 3.8) is 0 Å². The average Bonchev–Trinajstić information content (AvgIpc) is 2.45. The predicted molar refractivity (Wildman–Crippen MR) is 81.1 cm³/mol. The standard InChI is InChI=1S/C16H26N2O2/c1-13(2)12-18(10-6-7-11-19)16(20)15(17)14-8-4-3-5-9-14/h3-5,8-9,13,15,19H,6-7,10-12,17H2,1-2H3. The van der Waals surface area contributed by atoms with Crippen LogP contribution in [0.5, 0.6) is 0 Å². The summed E-state index contributed by atoms with van der Waals surface area (Å²) >= 11 is 0. The highest BCUT2D eigenvalue weighted by Crippen LogP contribution is 2.14. The van der Waals surface area contributed by atoms with Gasteiger partial charge in [0, 0.05) is 19.7 Å². The number of carbonyl (C=O) groups excluding carboxylic acids is 1. The molecule has 20 heavy (non-hydrogen) atoms. The SMILES string of the molecule is CC(C)CN(CCCCO)C(=O)C(N)c1ccccc1. The summed E-state index contributed by atoms with van der Waals surface area (Å²) in [6, 6.07) is 8.84. The van der Waals surface area contributed by atoms with Gasteiger partial charge in [-0.15, -0.1) is 0 Å². The van der Waals surface area contributed by atoms with Crippen LogP contribution in [0.1, 0.15) is 38.3 Å². The lowest BCUT2D eigenvalue weighted by molar-refractivity contribution is -0.133. The van der Waals surface area contributed by atoms with Crippen molar-refractivity contribution in [2.75, 3.05) is 19.7 Å². The van der Waals surface area contributed by atoms with E-state index in [4.69, 9.17) is 10.8 Å². The maximum Gasteiger partial charge on any atom is 0.244 e. The van der Waals surface area contributed by atoms with E-state index in [-0.39, 0.29) is 12.5 Å². The molecular formula is C16H26N2O2. The molecule has 0 aliphatic carbocycles. The van der Waals surface area contributed by atoms with Gasteiger partial charge in [-0.2, -0.15) is 0 Å². The Morgan fingerprint density at radius 1 is 1.25 bits per heavy atom. The summed E-state index contributed by atoms with van der Waals surface area (Å²) < 4.78 is 0. The number of aliphatic hydroxyl groups excluding tert-OH is 1. The van der Waals surface area contributed by atoms with Crippen LogP contribution in [0.2, 0.25) is 0 Å². The molecule has 1 aromatic carbocycles. The molecule has 0 saturated heterocycles. The van der Waals surface area contributed by atoms with Gasteiger partial charge in [0.1, 0.15) is 6.04 Å². The zero-order valence-corrected chi connectivity index (χ0v) is 12.5. The second-order valence-electron chi connectivity index (χ2n) is 5.50. The third-order valence-electron chi connectivity index (χ3n) is 3.16. The number of benzene rings is 1. The average molecular weight is 278 g/mol. The Hall–Kier alpha value is -1.39. The molecule has 0 fully saturated rings. The van der Waals surface area contributed by atoms with Gasteiger partial charge in [0.25, 0.3) is 0 Å². The lowest BCUT2D eigenvalue weighted by atomic mass is 10.1. The summed E-state index contributed by atoms with van der Waals surface area (Å²) in [5.74, 6) is 0.360. The van der Waals surface area contributed by atoms with Gasteiger partial charge in [0.15, 0.2) is 0 Å². The molecule has 0 spiro atoms. The van der Waals surface area contributed by atoms with Crippen LogP contribution in [0.15, 0.2) is 30.3 Å². The zero-order valence-electron chi connectivity index (χ0n) is 12.5. The Morgan fingerprint density at radius 2 is 1.90 bits per heavy atom. The third-order valence-corrected chi connectivity index (χ3v) is 3.16. The van der Waals surface area contributed by atoms with Gasteiger partial charge in [-0.05, 0) is 24.3 Å². The first-order valence-electron chi connectivity index (χ1n) is 7.26. The van der Waals surface area contributed by atoms with Crippen molar-refractivity contribution in [1.82, 2.24) is 4.90 Å². The number of carbonyl (C=O) groups is 1. The molecule has 1 aromatic rings. The molecule has 1 unspecified atom stereocenters. The van der Waals surface area contributed by atoms with Crippen LogP contribution in [0, 0.1) is 5.92 Å². The summed E-state index contributed by atoms with van der Waals surface area (Å²) in [5, 5.41) is 8.86. The zero-order chi connectivity index (χ0) is 15.0. The number of unbranched alkanes of at least 4 members (excludes halogenated alkanes) is 1. The van der Waals surface area contributed by atoms with E-state index in [2.05, 4.69) is 13.8 Å². The Kier molecular flexibility index (Phi) is 7.26. The van der Waals surface area contributed by atoms with E-state index in [1.165, 1.54) is 0 Å². The first kappa shape index (κ1) is 16.7. The third kappa shape index (κ3) is 5.31. The normalized spacial score (nSPS) is 12.4. The minimum absolute atomic E-state index is 0.0390. The Labute approximate surface area is 121 Å². The maximum atomic E-state index is 12.5. The summed E-state index contributed by atoms with van der Waals surface area (Å²) in [5.41, 5.74) is 6.92. The van der Waals surface area contributed by atoms with E-state index < -0.39 is 6.04 Å². The molecule has 1 atom stereocenters. The van der Waals surface area contributed by atoms with Crippen molar-refractivity contribution in [3.8, 4) is 0 Å². The molecule has 3 N–H and O–H groups in total. The highest BCUT2D eigenvalue weighted by Gasteiger charge is 2.22. The van der Waals surface area contributed by atoms with Crippen LogP contribution in [0.25, 0.3) is 0 Å². The quantitative estimate of drug-likeness (QED) is 0.714. The molecule has 0 aliphatic rings. The van der Waals surface area contributed by atoms with Gasteiger partial charge in [0.2, 0.25) is 5.91 Å². The Morgan fingerprint density at radius 3 is 2.45 bits per heavy atom. The van der Waals surface area contributed by atoms with Gasteiger partial charge in [-0.25, -0.2) is 0 Å². The topological polar surface area (TPSA) is 66.6 Å². The minimum Gasteiger partial charge on any atom is -0.396 e. The van der Waals surface area contributed by atoms with E-state index in [1.807, 2.05) is 35.2 Å². The van der Waals surface area contributed by atoms with Crippen molar-refractivity contribution in [3.05, 3.63) is 35.9 Å². The highest BCUT2D eigenvalue weighted by molar-refractivity contribution is 5.83. The van der Waals surface area contributed by atoms with Crippen LogP contribution in [-0.4, -0.2) is 35.6 Å². The second-order valence-corrected chi connectivity index (χ2v) is 5.50. The minimum atomic E-state index is -0.607. The molecular weight excluding hydrogens is 252 g/mol. The molecule has 0 heterocycles. The van der Waals surface area contributed by atoms with Gasteiger partial charge in [-0.1, -0.05) is 44.2 Å². The molecule has 1 amide bonds. The highest BCUT2D eigenvalue weighted by atomic mass is 16.3. The van der Waals surface area contributed by atoms with Crippen LogP contribution >= 0.6 is 0 Å². The van der Waals surface area contributed by atoms with Gasteiger partial charge in [0.05, 0.1) is 0 Å². The van der Waals surface area contributed by atoms with Crippen molar-refractivity contribution >= 4 is 5.91 Å². The molecule has 0 radical (unpaired) electrons. The summed E-state index contributed by atoms with van der Waals surface area (Å²) in [6.07, 6.45) is 1.51. The van der Waals surface area contributed by atoms with Crippen LogP contribution < -0.4 is 5.73 Å². The van der Waals surface area contributed by atoms with Gasteiger partial charge < -0.3 is 15.7 Å². The number of nitrogens with two attached hydrogens (primary N) is 1. The van der Waals surface area contributed by atoms with E-state index in [9.17, 15) is 4.79 Å². The molecule has 4 nitrogen and oxygen atoms in total. The van der Waals surface area contributed by atoms with Crippen molar-refractivity contribution in [1.29, 1.82) is 0 Å². The van der Waals surface area contributed by atoms with E-state index >= 15 is 0 Å². The van der Waals surface area contributed by atoms with Crippen molar-refractivity contribution < 1.29 is 9.90 Å². The number of aliphatic hydroxyl groups is 1. The lowest BCUT2D eigenvalue weighted by Gasteiger charge is -2.27. The van der Waals surface area contributed by atoms with Gasteiger partial charge in [-0.3, -0.25) is 4.79 Å². The second kappa shape index (κ2) is 8.72. The summed E-state index contributed by atoms with van der Waals surface area (Å²) in [7, 11) is 0. The first-order valence-corrected chi connectivity index (χ1v) is 7.26. The lowest BCUT2D eigenvalue weighted by Crippen LogP contribution is -2.41. The first-order chi connectivity index (χ1) is 9.56. The van der Waals surface area contributed by atoms with E-state index in [0.717, 1.165) is 12.0 Å². The van der Waals surface area contributed by atoms with Crippen molar-refractivity contribution in [2.24, 2.45) is 11.7 Å². The number of hydrogen-bond acceptors (Lipinski definition) is 3. The number of rotatable bonds is 8. The number of amides is 1. The van der Waals surface area contributed by atoms with Gasteiger partial charge >= 0.3 is 0 Å². The van der Waals surface area contributed by atoms with E-state index in [0.29, 0.717) is 25.4 Å². The summed E-state index contributed by atoms with van der Waals surface area (Å²) in [4.78, 5) is 14.3. The largest absolute Gasteiger partial charge is 0.396 e. The fourth-order valence-electron chi connectivity index (χ4n) is 2.15. The molecule has 112 valence electrons. The van der Waals surface area contributed by atoms with Crippen molar-refractivity contribution in [2.45, 2.75) is 32.7 Å². The van der Waals surface area contributed by atoms with Crippen LogP contribution in [0.4, 0.5) is 0 Å². The molecule has 0 saturated carbocycles. The molecule has 0 bridgehead atoms. The number of hydrogen-bond donors (Lipinski definition) is 2. The fraction of sp³-hybridized carbons (Fsp3) is 0.562. The Balaban J connectivity index is 2.70. The molecule has 4 heteroatoms. The Bertz CT molecular complexity index is 393. The van der Waals surface area contributed by atoms with Crippen LogP contribution in [-0.2, 0) is 4.79 Å². The van der Waals surface area contributed by atoms with E-state index in [1.54, 1.807) is 0 Å². The molecule has 1 rings (SSSR count). The van der Waals surface area contributed by atoms with Crippen LogP contribution in [0.3, 0.4) is 0 Å². The maximum absolute atomic E-state index is 12.5. The smallest absolute Gasteiger partial charge is 0.244 e.